The zero-order chi connectivity index (χ0) is 23.8. The largest absolute Gasteiger partial charge is 0.465 e. The van der Waals surface area contributed by atoms with Crippen LogP contribution in [-0.4, -0.2) is 71.5 Å². The van der Waals surface area contributed by atoms with Crippen LogP contribution < -0.4 is 11.0 Å². The van der Waals surface area contributed by atoms with Gasteiger partial charge in [-0.05, 0) is 13.0 Å². The van der Waals surface area contributed by atoms with Crippen molar-refractivity contribution in [3.63, 3.8) is 0 Å². The van der Waals surface area contributed by atoms with E-state index in [0.717, 1.165) is 18.4 Å². The van der Waals surface area contributed by atoms with Crippen LogP contribution in [-0.2, 0) is 42.9 Å². The molecule has 0 spiro atoms. The second-order valence-corrected chi connectivity index (χ2v) is 6.68. The minimum absolute atomic E-state index is 0.106. The normalized spacial score (nSPS) is 22.0. The number of rotatable bonds is 9. The van der Waals surface area contributed by atoms with Gasteiger partial charge in [0.2, 0.25) is 0 Å². The fourth-order valence-electron chi connectivity index (χ4n) is 3.00. The number of hydrogen-bond acceptors (Lipinski definition) is 12. The van der Waals surface area contributed by atoms with Crippen molar-refractivity contribution in [3.05, 3.63) is 22.7 Å². The third-order valence-electron chi connectivity index (χ3n) is 4.16. The van der Waals surface area contributed by atoms with Crippen molar-refractivity contribution in [1.29, 1.82) is 0 Å². The van der Waals surface area contributed by atoms with Gasteiger partial charge in [-0.2, -0.15) is 4.98 Å². The van der Waals surface area contributed by atoms with Crippen LogP contribution in [0.4, 0.5) is 5.82 Å². The Labute approximate surface area is 182 Å². The molecule has 0 aliphatic carbocycles. The van der Waals surface area contributed by atoms with Crippen LogP contribution in [0.25, 0.3) is 0 Å². The maximum atomic E-state index is 12.6. The van der Waals surface area contributed by atoms with Crippen molar-refractivity contribution in [3.8, 4) is 0 Å². The number of nitrogens with zero attached hydrogens (tertiary/aromatic N) is 2. The molecule has 1 N–H and O–H groups in total. The summed E-state index contributed by atoms with van der Waals surface area (Å²) in [5.41, 5.74) is -0.796. The van der Waals surface area contributed by atoms with Crippen molar-refractivity contribution >= 4 is 29.7 Å². The summed E-state index contributed by atoms with van der Waals surface area (Å²) in [5, 5.41) is 2.66. The summed E-state index contributed by atoms with van der Waals surface area (Å²) in [6.45, 7) is 4.86. The Hall–Kier alpha value is -3.48. The van der Waals surface area contributed by atoms with Crippen LogP contribution in [0.1, 0.15) is 33.9 Å². The first-order valence-corrected chi connectivity index (χ1v) is 9.74. The molecule has 4 atom stereocenters. The number of nitrogens with one attached hydrogen (secondary N) is 1. The molecule has 1 fully saturated rings. The highest BCUT2D eigenvalue weighted by Crippen LogP contribution is 2.33. The Kier molecular flexibility index (Phi) is 8.70. The molecule has 32 heavy (non-hydrogen) atoms. The highest BCUT2D eigenvalue weighted by atomic mass is 16.7. The van der Waals surface area contributed by atoms with E-state index in [1.54, 1.807) is 6.92 Å². The number of carbonyl (C=O) groups excluding carboxylic acids is 4. The van der Waals surface area contributed by atoms with Crippen LogP contribution in [0.3, 0.4) is 0 Å². The van der Waals surface area contributed by atoms with E-state index in [0.29, 0.717) is 0 Å². The van der Waals surface area contributed by atoms with Crippen LogP contribution >= 0.6 is 0 Å². The van der Waals surface area contributed by atoms with E-state index in [-0.39, 0.29) is 25.6 Å². The Bertz CT molecular complexity index is 915. The standard InChI is InChI=1S/C19H25N3O10/c1-5-28-15(26)8-20-14-6-7-22(19(27)21-14)18-17(31-12(4)25)16(30-11(3)24)13(32-18)9-29-10(2)23/h6-7,13,16-18H,5,8-9H2,1-4H3,(H,20,21,27)/t13-,16-,17-,18-/m1/s1. The molecular weight excluding hydrogens is 430 g/mol. The van der Waals surface area contributed by atoms with E-state index in [4.69, 9.17) is 23.7 Å². The van der Waals surface area contributed by atoms with Crippen molar-refractivity contribution in [2.24, 2.45) is 0 Å². The molecule has 13 nitrogen and oxygen atoms in total. The monoisotopic (exact) mass is 455 g/mol. The van der Waals surface area contributed by atoms with Crippen LogP contribution in [0, 0.1) is 0 Å². The molecule has 0 amide bonds. The lowest BCUT2D eigenvalue weighted by molar-refractivity contribution is -0.166. The quantitative estimate of drug-likeness (QED) is 0.377. The lowest BCUT2D eigenvalue weighted by atomic mass is 10.1. The van der Waals surface area contributed by atoms with Gasteiger partial charge >= 0.3 is 29.6 Å². The van der Waals surface area contributed by atoms with Gasteiger partial charge in [0.05, 0.1) is 6.61 Å². The maximum absolute atomic E-state index is 12.6. The lowest BCUT2D eigenvalue weighted by Crippen LogP contribution is -2.41. The molecule has 0 bridgehead atoms. The number of hydrogen-bond donors (Lipinski definition) is 1. The molecule has 1 aliphatic heterocycles. The van der Waals surface area contributed by atoms with Gasteiger partial charge in [-0.25, -0.2) is 4.79 Å². The van der Waals surface area contributed by atoms with Gasteiger partial charge in [0, 0.05) is 27.0 Å². The smallest absolute Gasteiger partial charge is 0.351 e. The predicted molar refractivity (Wildman–Crippen MR) is 105 cm³/mol. The molecule has 0 aromatic carbocycles. The molecule has 176 valence electrons. The van der Waals surface area contributed by atoms with Gasteiger partial charge in [-0.3, -0.25) is 23.7 Å². The molecule has 0 radical (unpaired) electrons. The molecule has 1 aromatic heterocycles. The highest BCUT2D eigenvalue weighted by molar-refractivity contribution is 5.74. The van der Waals surface area contributed by atoms with Gasteiger partial charge in [0.1, 0.15) is 25.1 Å². The number of aromatic nitrogens is 2. The third-order valence-corrected chi connectivity index (χ3v) is 4.16. The van der Waals surface area contributed by atoms with Crippen LogP contribution in [0.2, 0.25) is 0 Å². The zero-order valence-corrected chi connectivity index (χ0v) is 18.1. The number of ether oxygens (including phenoxy) is 5. The van der Waals surface area contributed by atoms with Crippen molar-refractivity contribution in [2.75, 3.05) is 25.1 Å². The molecule has 1 aromatic rings. The van der Waals surface area contributed by atoms with E-state index in [2.05, 4.69) is 10.3 Å². The molecule has 1 aliphatic rings. The summed E-state index contributed by atoms with van der Waals surface area (Å²) in [6, 6.07) is 1.40. The molecular formula is C19H25N3O10. The van der Waals surface area contributed by atoms with E-state index in [1.165, 1.54) is 19.2 Å². The van der Waals surface area contributed by atoms with Crippen molar-refractivity contribution in [1.82, 2.24) is 9.55 Å². The number of esters is 4. The summed E-state index contributed by atoms with van der Waals surface area (Å²) in [4.78, 5) is 62.3. The zero-order valence-electron chi connectivity index (χ0n) is 18.1. The molecule has 1 saturated heterocycles. The number of carbonyl (C=O) groups is 4. The van der Waals surface area contributed by atoms with Gasteiger partial charge in [0.25, 0.3) is 0 Å². The Morgan fingerprint density at radius 3 is 2.28 bits per heavy atom. The van der Waals surface area contributed by atoms with Gasteiger partial charge in [-0.1, -0.05) is 0 Å². The average molecular weight is 455 g/mol. The molecule has 0 saturated carbocycles. The van der Waals surface area contributed by atoms with E-state index < -0.39 is 54.1 Å². The fourth-order valence-corrected chi connectivity index (χ4v) is 3.00. The molecule has 2 rings (SSSR count). The van der Waals surface area contributed by atoms with E-state index in [1.807, 2.05) is 0 Å². The first-order chi connectivity index (χ1) is 15.1. The van der Waals surface area contributed by atoms with E-state index in [9.17, 15) is 24.0 Å². The molecule has 0 unspecified atom stereocenters. The fraction of sp³-hybridized carbons (Fsp3) is 0.579. The number of anilines is 1. The summed E-state index contributed by atoms with van der Waals surface area (Å²) in [6.07, 6.45) is -3.28. The highest BCUT2D eigenvalue weighted by Gasteiger charge is 2.50. The summed E-state index contributed by atoms with van der Waals surface area (Å²) in [5.74, 6) is -2.41. The minimum atomic E-state index is -1.22. The summed E-state index contributed by atoms with van der Waals surface area (Å²) in [7, 11) is 0. The molecule has 2 heterocycles. The third kappa shape index (κ3) is 6.77. The van der Waals surface area contributed by atoms with E-state index >= 15 is 0 Å². The van der Waals surface area contributed by atoms with Crippen molar-refractivity contribution in [2.45, 2.75) is 52.2 Å². The van der Waals surface area contributed by atoms with Crippen molar-refractivity contribution < 1.29 is 42.9 Å². The Balaban J connectivity index is 2.30. The summed E-state index contributed by atoms with van der Waals surface area (Å²) >= 11 is 0. The Morgan fingerprint density at radius 2 is 1.72 bits per heavy atom. The molecule has 13 heteroatoms. The second kappa shape index (κ2) is 11.2. The van der Waals surface area contributed by atoms with Crippen LogP contribution in [0.5, 0.6) is 0 Å². The van der Waals surface area contributed by atoms with Gasteiger partial charge < -0.3 is 29.0 Å². The lowest BCUT2D eigenvalue weighted by Gasteiger charge is -2.23. The first-order valence-electron chi connectivity index (χ1n) is 9.74. The second-order valence-electron chi connectivity index (χ2n) is 6.68. The minimum Gasteiger partial charge on any atom is -0.465 e. The Morgan fingerprint density at radius 1 is 1.06 bits per heavy atom. The average Bonchev–Trinajstić information content (AvgIpc) is 3.01. The van der Waals surface area contributed by atoms with Gasteiger partial charge in [0.15, 0.2) is 18.4 Å². The first kappa shape index (κ1) is 24.8. The SMILES string of the molecule is CCOC(=O)CNc1ccn([C@@H]2O[C@H](COC(C)=O)[C@@H](OC(C)=O)[C@H]2OC(C)=O)c(=O)n1. The topological polar surface area (TPSA) is 161 Å². The summed E-state index contributed by atoms with van der Waals surface area (Å²) < 4.78 is 27.1. The van der Waals surface area contributed by atoms with Gasteiger partial charge in [-0.15, -0.1) is 0 Å². The maximum Gasteiger partial charge on any atom is 0.351 e. The van der Waals surface area contributed by atoms with Crippen LogP contribution in [0.15, 0.2) is 17.1 Å². The predicted octanol–water partition coefficient (Wildman–Crippen LogP) is -0.458.